The molecule has 1 atom stereocenters. The van der Waals surface area contributed by atoms with E-state index in [2.05, 4.69) is 0 Å². The Kier molecular flexibility index (Phi) is 3.96. The number of aliphatic hydroxyl groups is 1. The Morgan fingerprint density at radius 2 is 1.40 bits per heavy atom. The molecule has 4 nitrogen and oxygen atoms in total. The molecule has 2 aromatic carbocycles. The Bertz CT molecular complexity index is 607. The van der Waals surface area contributed by atoms with Crippen LogP contribution in [0.1, 0.15) is 11.1 Å². The number of carbonyl (C=O) groups excluding carboxylic acids is 1. The smallest absolute Gasteiger partial charge is 0.348 e. The van der Waals surface area contributed by atoms with Gasteiger partial charge in [0.15, 0.2) is 5.78 Å². The number of carboxylic acids is 1. The highest BCUT2D eigenvalue weighted by Gasteiger charge is 2.45. The molecule has 20 heavy (non-hydrogen) atoms. The normalized spacial score (nSPS) is 13.4. The van der Waals surface area contributed by atoms with Crippen molar-refractivity contribution >= 4 is 11.8 Å². The molecule has 0 spiro atoms. The van der Waals surface area contributed by atoms with Gasteiger partial charge in [0, 0.05) is 12.0 Å². The standard InChI is InChI=1S/C16H14O4/c17-14(11-12-7-3-1-4-8-12)16(20,15(18)19)13-9-5-2-6-10-13/h1-10,20H,11H2,(H,18,19). The molecule has 4 heteroatoms. The van der Waals surface area contributed by atoms with Crippen molar-refractivity contribution in [3.05, 3.63) is 71.8 Å². The summed E-state index contributed by atoms with van der Waals surface area (Å²) in [5.74, 6) is -2.33. The number of rotatable bonds is 5. The van der Waals surface area contributed by atoms with Crippen molar-refractivity contribution in [3.63, 3.8) is 0 Å². The lowest BCUT2D eigenvalue weighted by molar-refractivity contribution is -0.166. The second-order valence-corrected chi connectivity index (χ2v) is 4.47. The summed E-state index contributed by atoms with van der Waals surface area (Å²) in [4.78, 5) is 23.6. The third kappa shape index (κ3) is 2.60. The average Bonchev–Trinajstić information content (AvgIpc) is 2.48. The van der Waals surface area contributed by atoms with Crippen molar-refractivity contribution in [1.82, 2.24) is 0 Å². The molecule has 0 saturated carbocycles. The summed E-state index contributed by atoms with van der Waals surface area (Å²) in [7, 11) is 0. The number of carbonyl (C=O) groups is 2. The first-order chi connectivity index (χ1) is 9.55. The van der Waals surface area contributed by atoms with E-state index in [0.29, 0.717) is 5.56 Å². The summed E-state index contributed by atoms with van der Waals surface area (Å²) in [6.07, 6.45) is -0.140. The largest absolute Gasteiger partial charge is 0.478 e. The van der Waals surface area contributed by atoms with Crippen molar-refractivity contribution in [3.8, 4) is 0 Å². The van der Waals surface area contributed by atoms with Crippen LogP contribution in [0.5, 0.6) is 0 Å². The monoisotopic (exact) mass is 270 g/mol. The van der Waals surface area contributed by atoms with E-state index in [1.807, 2.05) is 0 Å². The molecule has 0 aromatic heterocycles. The minimum atomic E-state index is -2.52. The fraction of sp³-hybridized carbons (Fsp3) is 0.125. The third-order valence-corrected chi connectivity index (χ3v) is 3.11. The zero-order valence-electron chi connectivity index (χ0n) is 10.7. The van der Waals surface area contributed by atoms with Crippen molar-refractivity contribution in [2.45, 2.75) is 12.0 Å². The predicted molar refractivity (Wildman–Crippen MR) is 73.1 cm³/mol. The van der Waals surface area contributed by atoms with E-state index in [1.165, 1.54) is 12.1 Å². The highest BCUT2D eigenvalue weighted by molar-refractivity contribution is 6.07. The highest BCUT2D eigenvalue weighted by atomic mass is 16.4. The third-order valence-electron chi connectivity index (χ3n) is 3.11. The Balaban J connectivity index is 2.34. The van der Waals surface area contributed by atoms with Gasteiger partial charge in [-0.25, -0.2) is 4.79 Å². The fourth-order valence-corrected chi connectivity index (χ4v) is 1.99. The molecule has 0 amide bonds. The number of hydrogen-bond acceptors (Lipinski definition) is 3. The maximum Gasteiger partial charge on any atom is 0.348 e. The molecular formula is C16H14O4. The molecule has 0 radical (unpaired) electrons. The lowest BCUT2D eigenvalue weighted by Gasteiger charge is -2.22. The molecule has 2 N–H and O–H groups in total. The molecule has 102 valence electrons. The Labute approximate surface area is 116 Å². The van der Waals surface area contributed by atoms with Crippen LogP contribution in [0.3, 0.4) is 0 Å². The summed E-state index contributed by atoms with van der Waals surface area (Å²) in [6, 6.07) is 16.4. The zero-order valence-corrected chi connectivity index (χ0v) is 10.7. The van der Waals surface area contributed by atoms with Gasteiger partial charge < -0.3 is 10.2 Å². The van der Waals surface area contributed by atoms with Crippen LogP contribution in [0.15, 0.2) is 60.7 Å². The van der Waals surface area contributed by atoms with Gasteiger partial charge >= 0.3 is 5.97 Å². The van der Waals surface area contributed by atoms with E-state index >= 15 is 0 Å². The van der Waals surface area contributed by atoms with Gasteiger partial charge in [-0.2, -0.15) is 0 Å². The molecule has 0 aliphatic heterocycles. The number of benzene rings is 2. The minimum Gasteiger partial charge on any atom is -0.478 e. The first-order valence-electron chi connectivity index (χ1n) is 6.13. The van der Waals surface area contributed by atoms with E-state index in [0.717, 1.165) is 0 Å². The van der Waals surface area contributed by atoms with Crippen LogP contribution in [0.2, 0.25) is 0 Å². The van der Waals surface area contributed by atoms with Gasteiger partial charge in [-0.1, -0.05) is 60.7 Å². The summed E-state index contributed by atoms with van der Waals surface area (Å²) in [5, 5.41) is 19.6. The number of hydrogen-bond donors (Lipinski definition) is 2. The van der Waals surface area contributed by atoms with Crippen LogP contribution in [-0.2, 0) is 21.6 Å². The quantitative estimate of drug-likeness (QED) is 0.812. The molecule has 1 unspecified atom stereocenters. The fourth-order valence-electron chi connectivity index (χ4n) is 1.99. The van der Waals surface area contributed by atoms with Gasteiger partial charge in [0.2, 0.25) is 5.60 Å². The Hall–Kier alpha value is -2.46. The van der Waals surface area contributed by atoms with Crippen LogP contribution in [0.25, 0.3) is 0 Å². The molecule has 0 fully saturated rings. The lowest BCUT2D eigenvalue weighted by atomic mass is 9.86. The van der Waals surface area contributed by atoms with Gasteiger partial charge in [-0.3, -0.25) is 4.79 Å². The van der Waals surface area contributed by atoms with Gasteiger partial charge in [-0.15, -0.1) is 0 Å². The molecule has 0 aliphatic carbocycles. The topological polar surface area (TPSA) is 74.6 Å². The SMILES string of the molecule is O=C(O)C(O)(C(=O)Cc1ccccc1)c1ccccc1. The number of carboxylic acid groups (broad SMARTS) is 1. The second kappa shape index (κ2) is 5.67. The van der Waals surface area contributed by atoms with Gasteiger partial charge in [-0.05, 0) is 5.56 Å². The van der Waals surface area contributed by atoms with Crippen molar-refractivity contribution in [2.24, 2.45) is 0 Å². The first kappa shape index (κ1) is 14.0. The molecule has 0 aliphatic rings. The summed E-state index contributed by atoms with van der Waals surface area (Å²) in [6.45, 7) is 0. The van der Waals surface area contributed by atoms with Crippen LogP contribution in [0, 0.1) is 0 Å². The van der Waals surface area contributed by atoms with E-state index < -0.39 is 17.4 Å². The van der Waals surface area contributed by atoms with Crippen molar-refractivity contribution in [2.75, 3.05) is 0 Å². The number of ketones is 1. The van der Waals surface area contributed by atoms with Gasteiger partial charge in [0.1, 0.15) is 0 Å². The number of Topliss-reactive ketones (excluding diaryl/α,β-unsaturated/α-hetero) is 1. The molecule has 0 heterocycles. The molecule has 0 saturated heterocycles. The zero-order chi connectivity index (χ0) is 14.6. The highest BCUT2D eigenvalue weighted by Crippen LogP contribution is 2.24. The maximum atomic E-state index is 12.2. The molecule has 2 aromatic rings. The second-order valence-electron chi connectivity index (χ2n) is 4.47. The molecular weight excluding hydrogens is 256 g/mol. The minimum absolute atomic E-state index is 0.0634. The number of aliphatic carboxylic acids is 1. The van der Waals surface area contributed by atoms with Gasteiger partial charge in [0.25, 0.3) is 0 Å². The Morgan fingerprint density at radius 3 is 1.90 bits per heavy atom. The lowest BCUT2D eigenvalue weighted by Crippen LogP contribution is -2.44. The van der Waals surface area contributed by atoms with Crippen LogP contribution < -0.4 is 0 Å². The summed E-state index contributed by atoms with van der Waals surface area (Å²) >= 11 is 0. The van der Waals surface area contributed by atoms with Crippen molar-refractivity contribution in [1.29, 1.82) is 0 Å². The Morgan fingerprint density at radius 1 is 0.900 bits per heavy atom. The van der Waals surface area contributed by atoms with Crippen LogP contribution >= 0.6 is 0 Å². The summed E-state index contributed by atoms with van der Waals surface area (Å²) in [5.41, 5.74) is -1.79. The van der Waals surface area contributed by atoms with Crippen LogP contribution in [0.4, 0.5) is 0 Å². The van der Waals surface area contributed by atoms with E-state index in [1.54, 1.807) is 48.5 Å². The van der Waals surface area contributed by atoms with E-state index in [4.69, 9.17) is 0 Å². The average molecular weight is 270 g/mol. The van der Waals surface area contributed by atoms with Crippen LogP contribution in [-0.4, -0.2) is 22.0 Å². The first-order valence-corrected chi connectivity index (χ1v) is 6.13. The van der Waals surface area contributed by atoms with E-state index in [-0.39, 0.29) is 12.0 Å². The maximum absolute atomic E-state index is 12.2. The predicted octanol–water partition coefficient (Wildman–Crippen LogP) is 1.77. The molecule has 2 rings (SSSR count). The van der Waals surface area contributed by atoms with E-state index in [9.17, 15) is 19.8 Å². The van der Waals surface area contributed by atoms with Gasteiger partial charge in [0.05, 0.1) is 0 Å². The molecule has 0 bridgehead atoms. The summed E-state index contributed by atoms with van der Waals surface area (Å²) < 4.78 is 0. The van der Waals surface area contributed by atoms with Crippen molar-refractivity contribution < 1.29 is 19.8 Å².